The molecule has 2 N–H and O–H groups in total. The fourth-order valence-corrected chi connectivity index (χ4v) is 1.41. The summed E-state index contributed by atoms with van der Waals surface area (Å²) in [4.78, 5) is 23.2. The summed E-state index contributed by atoms with van der Waals surface area (Å²) in [5.74, 6) is -0.325. The molecule has 0 aliphatic carbocycles. The van der Waals surface area contributed by atoms with Crippen LogP contribution in [-0.2, 0) is 6.54 Å². The Morgan fingerprint density at radius 1 is 1.44 bits per heavy atom. The number of hydrogen-bond acceptors (Lipinski definition) is 4. The third-order valence-corrected chi connectivity index (χ3v) is 2.44. The molecular weight excluding hydrogens is 234 g/mol. The maximum Gasteiger partial charge on any atom is 0.271 e. The number of aryl methyl sites for hydroxylation is 1. The SMILES string of the molecule is CCCCn1nc(C(=O)NCCCO)ccc1=O. The molecule has 6 nitrogen and oxygen atoms in total. The molecule has 1 rings (SSSR count). The Morgan fingerprint density at radius 2 is 2.22 bits per heavy atom. The summed E-state index contributed by atoms with van der Waals surface area (Å²) < 4.78 is 1.31. The van der Waals surface area contributed by atoms with E-state index in [-0.39, 0.29) is 23.8 Å². The molecule has 0 spiro atoms. The van der Waals surface area contributed by atoms with Gasteiger partial charge in [-0.25, -0.2) is 4.68 Å². The summed E-state index contributed by atoms with van der Waals surface area (Å²) in [7, 11) is 0. The van der Waals surface area contributed by atoms with Crippen LogP contribution >= 0.6 is 0 Å². The van der Waals surface area contributed by atoms with E-state index < -0.39 is 0 Å². The third kappa shape index (κ3) is 4.29. The molecule has 0 unspecified atom stereocenters. The van der Waals surface area contributed by atoms with Crippen molar-refractivity contribution in [3.8, 4) is 0 Å². The highest BCUT2D eigenvalue weighted by Crippen LogP contribution is 1.94. The van der Waals surface area contributed by atoms with E-state index in [0.29, 0.717) is 19.5 Å². The van der Waals surface area contributed by atoms with Crippen LogP contribution in [0.15, 0.2) is 16.9 Å². The van der Waals surface area contributed by atoms with Gasteiger partial charge in [-0.2, -0.15) is 5.10 Å². The van der Waals surface area contributed by atoms with Crippen molar-refractivity contribution in [2.75, 3.05) is 13.2 Å². The second-order valence-corrected chi connectivity index (χ2v) is 3.97. The number of unbranched alkanes of at least 4 members (excludes halogenated alkanes) is 1. The molecule has 0 bridgehead atoms. The van der Waals surface area contributed by atoms with Crippen molar-refractivity contribution < 1.29 is 9.90 Å². The number of rotatable bonds is 7. The van der Waals surface area contributed by atoms with Crippen molar-refractivity contribution in [3.63, 3.8) is 0 Å². The van der Waals surface area contributed by atoms with Gasteiger partial charge in [0, 0.05) is 25.8 Å². The minimum Gasteiger partial charge on any atom is -0.396 e. The number of hydrogen-bond donors (Lipinski definition) is 2. The molecule has 6 heteroatoms. The molecule has 0 saturated carbocycles. The third-order valence-electron chi connectivity index (χ3n) is 2.44. The van der Waals surface area contributed by atoms with E-state index in [1.165, 1.54) is 16.8 Å². The summed E-state index contributed by atoms with van der Waals surface area (Å²) in [5, 5.41) is 15.3. The van der Waals surface area contributed by atoms with Gasteiger partial charge < -0.3 is 10.4 Å². The number of aromatic nitrogens is 2. The molecule has 18 heavy (non-hydrogen) atoms. The van der Waals surface area contributed by atoms with Gasteiger partial charge in [-0.3, -0.25) is 9.59 Å². The van der Waals surface area contributed by atoms with Crippen molar-refractivity contribution in [3.05, 3.63) is 28.2 Å². The van der Waals surface area contributed by atoms with E-state index in [9.17, 15) is 9.59 Å². The Morgan fingerprint density at radius 3 is 2.89 bits per heavy atom. The smallest absolute Gasteiger partial charge is 0.271 e. The van der Waals surface area contributed by atoms with Gasteiger partial charge in [0.05, 0.1) is 0 Å². The standard InChI is InChI=1S/C12H19N3O3/c1-2-3-8-15-11(17)6-5-10(14-15)12(18)13-7-4-9-16/h5-6,16H,2-4,7-9H2,1H3,(H,13,18). The fourth-order valence-electron chi connectivity index (χ4n) is 1.41. The van der Waals surface area contributed by atoms with Crippen molar-refractivity contribution in [2.24, 2.45) is 0 Å². The molecule has 1 heterocycles. The average Bonchev–Trinajstić information content (AvgIpc) is 2.38. The Hall–Kier alpha value is -1.69. The first-order valence-electron chi connectivity index (χ1n) is 6.16. The topological polar surface area (TPSA) is 84.2 Å². The Balaban J connectivity index is 2.71. The minimum absolute atomic E-state index is 0.0315. The first-order valence-corrected chi connectivity index (χ1v) is 6.16. The van der Waals surface area contributed by atoms with Crippen LogP contribution in [0.25, 0.3) is 0 Å². The molecule has 1 amide bonds. The normalized spacial score (nSPS) is 10.3. The van der Waals surface area contributed by atoms with Crippen molar-refractivity contribution in [2.45, 2.75) is 32.7 Å². The monoisotopic (exact) mass is 253 g/mol. The van der Waals surface area contributed by atoms with Crippen molar-refractivity contribution in [1.29, 1.82) is 0 Å². The average molecular weight is 253 g/mol. The highest BCUT2D eigenvalue weighted by atomic mass is 16.3. The molecule has 0 radical (unpaired) electrons. The molecule has 100 valence electrons. The van der Waals surface area contributed by atoms with Crippen LogP contribution in [0.2, 0.25) is 0 Å². The van der Waals surface area contributed by atoms with Crippen molar-refractivity contribution >= 4 is 5.91 Å². The molecular formula is C12H19N3O3. The second-order valence-electron chi connectivity index (χ2n) is 3.97. The van der Waals surface area contributed by atoms with Crippen LogP contribution in [0, 0.1) is 0 Å². The number of amides is 1. The largest absolute Gasteiger partial charge is 0.396 e. The van der Waals surface area contributed by atoms with E-state index in [0.717, 1.165) is 12.8 Å². The highest BCUT2D eigenvalue weighted by Gasteiger charge is 2.08. The quantitative estimate of drug-likeness (QED) is 0.678. The van der Waals surface area contributed by atoms with E-state index in [1.807, 2.05) is 6.92 Å². The summed E-state index contributed by atoms with van der Waals surface area (Å²) in [5.41, 5.74) is 0.0269. The highest BCUT2D eigenvalue weighted by molar-refractivity contribution is 5.91. The zero-order valence-electron chi connectivity index (χ0n) is 10.6. The second kappa shape index (κ2) is 7.60. The van der Waals surface area contributed by atoms with Gasteiger partial charge in [0.15, 0.2) is 0 Å². The number of carbonyl (C=O) groups excluding carboxylic acids is 1. The summed E-state index contributed by atoms with van der Waals surface area (Å²) in [6, 6.07) is 2.77. The lowest BCUT2D eigenvalue weighted by molar-refractivity contribution is 0.0943. The van der Waals surface area contributed by atoms with Gasteiger partial charge in [-0.1, -0.05) is 13.3 Å². The molecule has 0 aromatic carbocycles. The lowest BCUT2D eigenvalue weighted by atomic mass is 10.3. The lowest BCUT2D eigenvalue weighted by Crippen LogP contribution is -2.30. The van der Waals surface area contributed by atoms with E-state index >= 15 is 0 Å². The lowest BCUT2D eigenvalue weighted by Gasteiger charge is -2.06. The van der Waals surface area contributed by atoms with Crippen LogP contribution in [0.5, 0.6) is 0 Å². The van der Waals surface area contributed by atoms with Crippen LogP contribution in [0.1, 0.15) is 36.7 Å². The van der Waals surface area contributed by atoms with E-state index in [4.69, 9.17) is 5.11 Å². The number of aliphatic hydroxyl groups is 1. The molecule has 0 fully saturated rings. The molecule has 0 saturated heterocycles. The Bertz CT molecular complexity index is 442. The minimum atomic E-state index is -0.325. The van der Waals surface area contributed by atoms with Gasteiger partial charge in [0.25, 0.3) is 11.5 Å². The maximum absolute atomic E-state index is 11.7. The predicted molar refractivity (Wildman–Crippen MR) is 67.4 cm³/mol. The van der Waals surface area contributed by atoms with Crippen LogP contribution < -0.4 is 10.9 Å². The summed E-state index contributed by atoms with van der Waals surface area (Å²) >= 11 is 0. The van der Waals surface area contributed by atoms with Gasteiger partial charge in [0.1, 0.15) is 5.69 Å². The fraction of sp³-hybridized carbons (Fsp3) is 0.583. The first kappa shape index (κ1) is 14.4. The van der Waals surface area contributed by atoms with Crippen molar-refractivity contribution in [1.82, 2.24) is 15.1 Å². The maximum atomic E-state index is 11.7. The number of carbonyl (C=O) groups is 1. The zero-order chi connectivity index (χ0) is 13.4. The summed E-state index contributed by atoms with van der Waals surface area (Å²) in [6.07, 6.45) is 2.31. The van der Waals surface area contributed by atoms with Gasteiger partial charge in [-0.05, 0) is 18.9 Å². The number of nitrogens with one attached hydrogen (secondary N) is 1. The number of aliphatic hydroxyl groups excluding tert-OH is 1. The molecule has 1 aromatic rings. The van der Waals surface area contributed by atoms with E-state index in [1.54, 1.807) is 0 Å². The molecule has 0 aliphatic heterocycles. The van der Waals surface area contributed by atoms with Gasteiger partial charge in [0.2, 0.25) is 0 Å². The van der Waals surface area contributed by atoms with Crippen LogP contribution in [0.3, 0.4) is 0 Å². The molecule has 0 atom stereocenters. The van der Waals surface area contributed by atoms with Crippen LogP contribution in [0.4, 0.5) is 0 Å². The van der Waals surface area contributed by atoms with Gasteiger partial charge >= 0.3 is 0 Å². The molecule has 0 aliphatic rings. The van der Waals surface area contributed by atoms with Crippen LogP contribution in [-0.4, -0.2) is 33.9 Å². The Kier molecular flexibility index (Phi) is 6.07. The Labute approximate surface area is 106 Å². The summed E-state index contributed by atoms with van der Waals surface area (Å²) in [6.45, 7) is 2.97. The predicted octanol–water partition coefficient (Wildman–Crippen LogP) is 0.156. The first-order chi connectivity index (χ1) is 8.69. The van der Waals surface area contributed by atoms with E-state index in [2.05, 4.69) is 10.4 Å². The number of nitrogens with zero attached hydrogens (tertiary/aromatic N) is 2. The van der Waals surface area contributed by atoms with Gasteiger partial charge in [-0.15, -0.1) is 0 Å². The molecule has 1 aromatic heterocycles. The zero-order valence-corrected chi connectivity index (χ0v) is 10.6.